The lowest BCUT2D eigenvalue weighted by Gasteiger charge is -2.17. The molecule has 0 saturated carbocycles. The van der Waals surface area contributed by atoms with E-state index in [4.69, 9.17) is 0 Å². The summed E-state index contributed by atoms with van der Waals surface area (Å²) in [6.45, 7) is 4.32. The van der Waals surface area contributed by atoms with Gasteiger partial charge in [-0.2, -0.15) is 16.9 Å². The Labute approximate surface area is 89.3 Å². The van der Waals surface area contributed by atoms with Crippen LogP contribution in [0.3, 0.4) is 0 Å². The molecule has 1 aliphatic heterocycles. The number of hydrogen-bond acceptors (Lipinski definition) is 3. The van der Waals surface area contributed by atoms with Gasteiger partial charge in [-0.3, -0.25) is 4.68 Å². The van der Waals surface area contributed by atoms with E-state index < -0.39 is 0 Å². The van der Waals surface area contributed by atoms with E-state index in [2.05, 4.69) is 23.4 Å². The SMILES string of the molecule is Cc1cc(NC2CCSC2C)n(C)n1. The Morgan fingerprint density at radius 1 is 1.64 bits per heavy atom. The summed E-state index contributed by atoms with van der Waals surface area (Å²) >= 11 is 2.05. The van der Waals surface area contributed by atoms with Crippen LogP contribution in [0.4, 0.5) is 5.82 Å². The number of nitrogens with one attached hydrogen (secondary N) is 1. The third kappa shape index (κ3) is 1.90. The van der Waals surface area contributed by atoms with Crippen LogP contribution in [0.25, 0.3) is 0 Å². The van der Waals surface area contributed by atoms with Crippen molar-refractivity contribution >= 4 is 17.6 Å². The summed E-state index contributed by atoms with van der Waals surface area (Å²) in [4.78, 5) is 0. The first-order valence-corrected chi connectivity index (χ1v) is 6.10. The van der Waals surface area contributed by atoms with Gasteiger partial charge in [0.05, 0.1) is 5.69 Å². The Morgan fingerprint density at radius 2 is 2.43 bits per heavy atom. The minimum Gasteiger partial charge on any atom is -0.366 e. The largest absolute Gasteiger partial charge is 0.366 e. The predicted molar refractivity (Wildman–Crippen MR) is 61.9 cm³/mol. The standard InChI is InChI=1S/C10H17N3S/c1-7-6-10(13(3)12-7)11-9-4-5-14-8(9)2/h6,8-9,11H,4-5H2,1-3H3. The van der Waals surface area contributed by atoms with Crippen molar-refractivity contribution in [2.45, 2.75) is 31.6 Å². The fourth-order valence-corrected chi connectivity index (χ4v) is 3.06. The zero-order valence-corrected chi connectivity index (χ0v) is 9.77. The van der Waals surface area contributed by atoms with Crippen molar-refractivity contribution in [3.05, 3.63) is 11.8 Å². The van der Waals surface area contributed by atoms with E-state index in [0.717, 1.165) is 11.5 Å². The molecule has 0 spiro atoms. The number of nitrogens with zero attached hydrogens (tertiary/aromatic N) is 2. The molecule has 2 unspecified atom stereocenters. The molecule has 2 heterocycles. The average molecular weight is 211 g/mol. The normalized spacial score (nSPS) is 26.8. The lowest BCUT2D eigenvalue weighted by Crippen LogP contribution is -2.25. The second-order valence-electron chi connectivity index (χ2n) is 3.91. The molecule has 3 nitrogen and oxygen atoms in total. The van der Waals surface area contributed by atoms with Crippen LogP contribution in [-0.2, 0) is 7.05 Å². The first-order chi connectivity index (χ1) is 6.66. The molecular formula is C10H17N3S. The molecule has 1 saturated heterocycles. The van der Waals surface area contributed by atoms with Gasteiger partial charge in [-0.15, -0.1) is 0 Å². The number of anilines is 1. The van der Waals surface area contributed by atoms with Crippen LogP contribution in [0.15, 0.2) is 6.07 Å². The molecule has 1 aliphatic rings. The smallest absolute Gasteiger partial charge is 0.124 e. The van der Waals surface area contributed by atoms with Gasteiger partial charge in [0.2, 0.25) is 0 Å². The molecule has 2 rings (SSSR count). The van der Waals surface area contributed by atoms with E-state index in [-0.39, 0.29) is 0 Å². The van der Waals surface area contributed by atoms with Gasteiger partial charge in [0.25, 0.3) is 0 Å². The van der Waals surface area contributed by atoms with Crippen LogP contribution < -0.4 is 5.32 Å². The van der Waals surface area contributed by atoms with E-state index in [1.165, 1.54) is 12.2 Å². The van der Waals surface area contributed by atoms with Gasteiger partial charge in [0, 0.05) is 24.4 Å². The van der Waals surface area contributed by atoms with Crippen molar-refractivity contribution in [3.63, 3.8) is 0 Å². The molecule has 2 atom stereocenters. The minimum atomic E-state index is 0.606. The molecule has 4 heteroatoms. The molecule has 78 valence electrons. The maximum atomic E-state index is 4.33. The maximum Gasteiger partial charge on any atom is 0.124 e. The predicted octanol–water partition coefficient (Wildman–Crippen LogP) is 2.03. The Bertz CT molecular complexity index is 321. The van der Waals surface area contributed by atoms with Crippen molar-refractivity contribution in [3.8, 4) is 0 Å². The molecule has 0 aromatic carbocycles. The van der Waals surface area contributed by atoms with Crippen molar-refractivity contribution in [2.24, 2.45) is 7.05 Å². The summed E-state index contributed by atoms with van der Waals surface area (Å²) in [5.41, 5.74) is 1.08. The number of aromatic nitrogens is 2. The zero-order chi connectivity index (χ0) is 10.1. The van der Waals surface area contributed by atoms with E-state index >= 15 is 0 Å². The lowest BCUT2D eigenvalue weighted by atomic mass is 10.2. The second kappa shape index (κ2) is 3.85. The van der Waals surface area contributed by atoms with E-state index in [0.29, 0.717) is 11.3 Å². The zero-order valence-electron chi connectivity index (χ0n) is 8.95. The quantitative estimate of drug-likeness (QED) is 0.812. The van der Waals surface area contributed by atoms with E-state index in [9.17, 15) is 0 Å². The molecule has 14 heavy (non-hydrogen) atoms. The highest BCUT2D eigenvalue weighted by Gasteiger charge is 2.24. The molecule has 1 fully saturated rings. The highest BCUT2D eigenvalue weighted by atomic mass is 32.2. The fourth-order valence-electron chi connectivity index (χ4n) is 1.86. The molecule has 0 amide bonds. The number of hydrogen-bond donors (Lipinski definition) is 1. The van der Waals surface area contributed by atoms with Crippen molar-refractivity contribution in [1.29, 1.82) is 0 Å². The Kier molecular flexibility index (Phi) is 2.72. The van der Waals surface area contributed by atoms with Gasteiger partial charge in [-0.05, 0) is 19.1 Å². The first-order valence-electron chi connectivity index (χ1n) is 5.05. The lowest BCUT2D eigenvalue weighted by molar-refractivity contribution is 0.691. The van der Waals surface area contributed by atoms with Crippen LogP contribution >= 0.6 is 11.8 Å². The number of rotatable bonds is 2. The van der Waals surface area contributed by atoms with E-state index in [1.54, 1.807) is 0 Å². The highest BCUT2D eigenvalue weighted by Crippen LogP contribution is 2.28. The van der Waals surface area contributed by atoms with Gasteiger partial charge < -0.3 is 5.32 Å². The third-order valence-corrected chi connectivity index (χ3v) is 4.04. The maximum absolute atomic E-state index is 4.33. The van der Waals surface area contributed by atoms with Crippen molar-refractivity contribution < 1.29 is 0 Å². The van der Waals surface area contributed by atoms with Gasteiger partial charge in [-0.1, -0.05) is 6.92 Å². The first kappa shape index (κ1) is 9.90. The second-order valence-corrected chi connectivity index (χ2v) is 5.40. The Morgan fingerprint density at radius 3 is 2.93 bits per heavy atom. The average Bonchev–Trinajstić information content (AvgIpc) is 2.62. The molecule has 0 bridgehead atoms. The molecular weight excluding hydrogens is 194 g/mol. The van der Waals surface area contributed by atoms with Crippen LogP contribution in [-0.4, -0.2) is 26.8 Å². The number of aryl methyl sites for hydroxylation is 2. The van der Waals surface area contributed by atoms with Gasteiger partial charge in [0.15, 0.2) is 0 Å². The molecule has 1 N–H and O–H groups in total. The summed E-state index contributed by atoms with van der Waals surface area (Å²) in [7, 11) is 1.99. The number of thioether (sulfide) groups is 1. The third-order valence-electron chi connectivity index (χ3n) is 2.71. The van der Waals surface area contributed by atoms with E-state index in [1.807, 2.05) is 30.4 Å². The summed E-state index contributed by atoms with van der Waals surface area (Å²) in [5.74, 6) is 2.41. The summed E-state index contributed by atoms with van der Waals surface area (Å²) in [6.07, 6.45) is 1.26. The van der Waals surface area contributed by atoms with Crippen LogP contribution in [0.2, 0.25) is 0 Å². The summed E-state index contributed by atoms with van der Waals surface area (Å²) < 4.78 is 1.92. The molecule has 1 aromatic heterocycles. The van der Waals surface area contributed by atoms with Gasteiger partial charge >= 0.3 is 0 Å². The topological polar surface area (TPSA) is 29.9 Å². The van der Waals surface area contributed by atoms with Crippen molar-refractivity contribution in [1.82, 2.24) is 9.78 Å². The Balaban J connectivity index is 2.06. The summed E-state index contributed by atoms with van der Waals surface area (Å²) in [6, 6.07) is 2.71. The van der Waals surface area contributed by atoms with Crippen LogP contribution in [0, 0.1) is 6.92 Å². The summed E-state index contributed by atoms with van der Waals surface area (Å²) in [5, 5.41) is 8.60. The highest BCUT2D eigenvalue weighted by molar-refractivity contribution is 8.00. The van der Waals surface area contributed by atoms with Crippen LogP contribution in [0.1, 0.15) is 19.0 Å². The van der Waals surface area contributed by atoms with Crippen LogP contribution in [0.5, 0.6) is 0 Å². The minimum absolute atomic E-state index is 0.606. The van der Waals surface area contributed by atoms with Crippen molar-refractivity contribution in [2.75, 3.05) is 11.1 Å². The fraction of sp³-hybridized carbons (Fsp3) is 0.700. The monoisotopic (exact) mass is 211 g/mol. The van der Waals surface area contributed by atoms with Gasteiger partial charge in [0.1, 0.15) is 5.82 Å². The Hall–Kier alpha value is -0.640. The van der Waals surface area contributed by atoms with Gasteiger partial charge in [-0.25, -0.2) is 0 Å². The molecule has 0 radical (unpaired) electrons. The molecule has 0 aliphatic carbocycles. The molecule has 1 aromatic rings.